The van der Waals surface area contributed by atoms with Gasteiger partial charge in [-0.2, -0.15) is 15.2 Å². The molecule has 2 aromatic rings. The van der Waals surface area contributed by atoms with E-state index in [2.05, 4.69) is 30.7 Å². The van der Waals surface area contributed by atoms with Gasteiger partial charge in [0.1, 0.15) is 0 Å². The molecular formula is C9H8N6O. The van der Waals surface area contributed by atoms with Gasteiger partial charge < -0.3 is 0 Å². The average Bonchev–Trinajstić information content (AvgIpc) is 2.30. The van der Waals surface area contributed by atoms with Crippen molar-refractivity contribution in [3.63, 3.8) is 0 Å². The van der Waals surface area contributed by atoms with Crippen LogP contribution in [0.3, 0.4) is 0 Å². The van der Waals surface area contributed by atoms with Crippen LogP contribution < -0.4 is 11.1 Å². The second kappa shape index (κ2) is 4.78. The quantitative estimate of drug-likeness (QED) is 0.556. The molecule has 0 spiro atoms. The summed E-state index contributed by atoms with van der Waals surface area (Å²) in [6.45, 7) is 0. The number of rotatable bonds is 3. The number of nitrogens with one attached hydrogen (secondary N) is 2. The Kier molecular flexibility index (Phi) is 2.98. The fraction of sp³-hybridized carbons (Fsp3) is 0. The minimum Gasteiger partial charge on any atom is -0.264 e. The summed E-state index contributed by atoms with van der Waals surface area (Å²) in [7, 11) is 0. The zero-order chi connectivity index (χ0) is 11.2. The number of anilines is 1. The highest BCUT2D eigenvalue weighted by molar-refractivity contribution is 5.79. The van der Waals surface area contributed by atoms with Gasteiger partial charge in [-0.3, -0.25) is 10.4 Å². The fourth-order valence-electron chi connectivity index (χ4n) is 0.991. The Balaban J connectivity index is 2.03. The summed E-state index contributed by atoms with van der Waals surface area (Å²) < 4.78 is 0. The van der Waals surface area contributed by atoms with E-state index < -0.39 is 5.69 Å². The van der Waals surface area contributed by atoms with Gasteiger partial charge >= 0.3 is 5.69 Å². The van der Waals surface area contributed by atoms with Crippen LogP contribution in [-0.4, -0.2) is 26.4 Å². The lowest BCUT2D eigenvalue weighted by Gasteiger charge is -1.95. The molecule has 16 heavy (non-hydrogen) atoms. The Hall–Kier alpha value is -2.57. The molecule has 0 aliphatic heterocycles. The third kappa shape index (κ3) is 2.71. The second-order valence-electron chi connectivity index (χ2n) is 2.83. The van der Waals surface area contributed by atoms with E-state index in [-0.39, 0.29) is 5.82 Å². The number of nitrogens with zero attached hydrogens (tertiary/aromatic N) is 4. The molecule has 80 valence electrons. The van der Waals surface area contributed by atoms with Crippen molar-refractivity contribution in [2.24, 2.45) is 5.10 Å². The third-order valence-corrected chi connectivity index (χ3v) is 1.65. The summed E-state index contributed by atoms with van der Waals surface area (Å²) in [5.74, 6) is 0.281. The van der Waals surface area contributed by atoms with Gasteiger partial charge in [0.15, 0.2) is 5.82 Å². The molecule has 7 nitrogen and oxygen atoms in total. The summed E-state index contributed by atoms with van der Waals surface area (Å²) in [6, 6.07) is 3.65. The van der Waals surface area contributed by atoms with E-state index in [0.717, 1.165) is 5.56 Å². The van der Waals surface area contributed by atoms with Crippen LogP contribution in [0, 0.1) is 0 Å². The predicted molar refractivity (Wildman–Crippen MR) is 58.1 cm³/mol. The molecule has 2 rings (SSSR count). The van der Waals surface area contributed by atoms with Gasteiger partial charge in [-0.25, -0.2) is 9.89 Å². The molecule has 7 heteroatoms. The van der Waals surface area contributed by atoms with E-state index in [0.29, 0.717) is 0 Å². The molecule has 0 unspecified atom stereocenters. The van der Waals surface area contributed by atoms with Crippen LogP contribution in [0.1, 0.15) is 5.56 Å². The summed E-state index contributed by atoms with van der Waals surface area (Å²) in [5, 5.41) is 9.61. The first-order valence-electron chi connectivity index (χ1n) is 4.45. The molecule has 0 aromatic carbocycles. The Bertz CT molecular complexity index is 535. The molecule has 2 N–H and O–H groups in total. The first-order valence-corrected chi connectivity index (χ1v) is 4.45. The van der Waals surface area contributed by atoms with E-state index in [1.807, 2.05) is 6.07 Å². The van der Waals surface area contributed by atoms with E-state index >= 15 is 0 Å². The fourth-order valence-corrected chi connectivity index (χ4v) is 0.991. The van der Waals surface area contributed by atoms with Crippen molar-refractivity contribution in [2.45, 2.75) is 0 Å². The summed E-state index contributed by atoms with van der Waals surface area (Å²) in [6.07, 6.45) is 6.26. The Morgan fingerprint density at radius 1 is 1.44 bits per heavy atom. The Labute approximate surface area is 90.3 Å². The summed E-state index contributed by atoms with van der Waals surface area (Å²) >= 11 is 0. The van der Waals surface area contributed by atoms with E-state index in [1.165, 1.54) is 6.20 Å². The largest absolute Gasteiger partial charge is 0.363 e. The SMILES string of the molecule is O=c1nc(NN=Cc2cccnc2)cn[nH]1. The van der Waals surface area contributed by atoms with E-state index in [4.69, 9.17) is 0 Å². The molecular weight excluding hydrogens is 208 g/mol. The van der Waals surface area contributed by atoms with Gasteiger partial charge in [-0.15, -0.1) is 0 Å². The van der Waals surface area contributed by atoms with Crippen LogP contribution in [0.25, 0.3) is 0 Å². The van der Waals surface area contributed by atoms with Crippen LogP contribution in [0.15, 0.2) is 40.6 Å². The van der Waals surface area contributed by atoms with Crippen molar-refractivity contribution in [1.29, 1.82) is 0 Å². The minimum atomic E-state index is -0.526. The molecule has 0 aliphatic rings. The molecule has 0 atom stereocenters. The molecule has 2 aromatic heterocycles. The van der Waals surface area contributed by atoms with Crippen molar-refractivity contribution in [3.05, 3.63) is 46.8 Å². The lowest BCUT2D eigenvalue weighted by atomic mass is 10.3. The number of hydrogen-bond donors (Lipinski definition) is 2. The second-order valence-corrected chi connectivity index (χ2v) is 2.83. The first kappa shape index (κ1) is 9.97. The standard InChI is InChI=1S/C9H8N6O/c16-9-13-8(6-12-15-9)14-11-5-7-2-1-3-10-4-7/h1-6H,(H2,13,14,15,16). The van der Waals surface area contributed by atoms with Crippen LogP contribution in [0.5, 0.6) is 0 Å². The van der Waals surface area contributed by atoms with Crippen LogP contribution in [-0.2, 0) is 0 Å². The smallest absolute Gasteiger partial charge is 0.264 e. The van der Waals surface area contributed by atoms with Gasteiger partial charge in [-0.05, 0) is 6.07 Å². The maximum absolute atomic E-state index is 10.8. The molecule has 0 radical (unpaired) electrons. The highest BCUT2D eigenvalue weighted by atomic mass is 16.1. The van der Waals surface area contributed by atoms with Crippen LogP contribution in [0.2, 0.25) is 0 Å². The van der Waals surface area contributed by atoms with Crippen molar-refractivity contribution in [3.8, 4) is 0 Å². The maximum atomic E-state index is 10.8. The zero-order valence-electron chi connectivity index (χ0n) is 8.16. The van der Waals surface area contributed by atoms with Gasteiger partial charge in [0.25, 0.3) is 0 Å². The Morgan fingerprint density at radius 2 is 2.38 bits per heavy atom. The van der Waals surface area contributed by atoms with Crippen molar-refractivity contribution in [2.75, 3.05) is 5.43 Å². The normalized spacial score (nSPS) is 10.5. The lowest BCUT2D eigenvalue weighted by Crippen LogP contribution is -2.13. The molecule has 0 saturated heterocycles. The molecule has 0 bridgehead atoms. The number of pyridine rings is 1. The molecule has 0 aliphatic carbocycles. The first-order chi connectivity index (χ1) is 7.84. The van der Waals surface area contributed by atoms with Gasteiger partial charge in [0.2, 0.25) is 0 Å². The highest BCUT2D eigenvalue weighted by Crippen LogP contribution is 1.94. The van der Waals surface area contributed by atoms with Gasteiger partial charge in [0, 0.05) is 18.0 Å². The van der Waals surface area contributed by atoms with Gasteiger partial charge in [0.05, 0.1) is 12.4 Å². The zero-order valence-corrected chi connectivity index (χ0v) is 8.16. The Morgan fingerprint density at radius 3 is 3.12 bits per heavy atom. The molecule has 0 amide bonds. The van der Waals surface area contributed by atoms with Crippen molar-refractivity contribution < 1.29 is 0 Å². The summed E-state index contributed by atoms with van der Waals surface area (Å²) in [4.78, 5) is 18.3. The number of hydrazone groups is 1. The summed E-state index contributed by atoms with van der Waals surface area (Å²) in [5.41, 5.74) is 2.90. The van der Waals surface area contributed by atoms with Crippen molar-refractivity contribution >= 4 is 12.0 Å². The molecule has 0 fully saturated rings. The monoisotopic (exact) mass is 216 g/mol. The minimum absolute atomic E-state index is 0.281. The topological polar surface area (TPSA) is 95.9 Å². The maximum Gasteiger partial charge on any atom is 0.363 e. The predicted octanol–water partition coefficient (Wildman–Crippen LogP) is 0.00590. The van der Waals surface area contributed by atoms with E-state index in [1.54, 1.807) is 24.7 Å². The molecule has 2 heterocycles. The number of H-pyrrole nitrogens is 1. The molecule has 0 saturated carbocycles. The highest BCUT2D eigenvalue weighted by Gasteiger charge is 1.91. The van der Waals surface area contributed by atoms with E-state index in [9.17, 15) is 4.79 Å². The number of hydrogen-bond acceptors (Lipinski definition) is 6. The van der Waals surface area contributed by atoms with Crippen molar-refractivity contribution in [1.82, 2.24) is 20.2 Å². The number of aromatic nitrogens is 4. The number of aromatic amines is 1. The third-order valence-electron chi connectivity index (χ3n) is 1.65. The van der Waals surface area contributed by atoms with Crippen LogP contribution in [0.4, 0.5) is 5.82 Å². The lowest BCUT2D eigenvalue weighted by molar-refractivity contribution is 0.913. The van der Waals surface area contributed by atoms with Gasteiger partial charge in [-0.1, -0.05) is 6.07 Å². The van der Waals surface area contributed by atoms with Crippen LogP contribution >= 0.6 is 0 Å². The average molecular weight is 216 g/mol.